The smallest absolute Gasteiger partial charge is 0.411 e. The molecule has 21 heavy (non-hydrogen) atoms. The molecule has 3 nitrogen and oxygen atoms in total. The molecule has 0 saturated heterocycles. The highest BCUT2D eigenvalue weighted by Crippen LogP contribution is 2.29. The molecule has 0 spiro atoms. The van der Waals surface area contributed by atoms with Crippen LogP contribution in [-0.2, 0) is 11.2 Å². The van der Waals surface area contributed by atoms with Gasteiger partial charge in [-0.25, -0.2) is 0 Å². The van der Waals surface area contributed by atoms with Crippen LogP contribution in [0, 0.1) is 6.92 Å². The van der Waals surface area contributed by atoms with E-state index in [9.17, 15) is 13.2 Å². The van der Waals surface area contributed by atoms with Gasteiger partial charge in [0.1, 0.15) is 19.0 Å². The van der Waals surface area contributed by atoms with E-state index in [1.165, 1.54) is 0 Å². The van der Waals surface area contributed by atoms with E-state index in [2.05, 4.69) is 20.7 Å². The highest BCUT2D eigenvalue weighted by atomic mass is 79.9. The summed E-state index contributed by atoms with van der Waals surface area (Å²) in [6.07, 6.45) is -3.69. The van der Waals surface area contributed by atoms with Crippen molar-refractivity contribution < 1.29 is 22.6 Å². The monoisotopic (exact) mass is 369 g/mol. The largest absolute Gasteiger partial charge is 0.491 e. The Balaban J connectivity index is 2.61. The van der Waals surface area contributed by atoms with Crippen molar-refractivity contribution >= 4 is 15.9 Å². The van der Waals surface area contributed by atoms with Gasteiger partial charge >= 0.3 is 6.18 Å². The summed E-state index contributed by atoms with van der Waals surface area (Å²) in [7, 11) is 0. The Bertz CT molecular complexity index is 464. The summed E-state index contributed by atoms with van der Waals surface area (Å²) in [4.78, 5) is 0. The second-order valence-corrected chi connectivity index (χ2v) is 5.82. The molecule has 2 N–H and O–H groups in total. The van der Waals surface area contributed by atoms with Crippen molar-refractivity contribution in [2.45, 2.75) is 32.5 Å². The lowest BCUT2D eigenvalue weighted by atomic mass is 10.0. The quantitative estimate of drug-likeness (QED) is 0.746. The molecule has 0 aromatic heterocycles. The number of ether oxygens (including phenoxy) is 2. The zero-order valence-corrected chi connectivity index (χ0v) is 13.6. The van der Waals surface area contributed by atoms with Crippen molar-refractivity contribution in [3.8, 4) is 5.75 Å². The van der Waals surface area contributed by atoms with Crippen LogP contribution in [0.15, 0.2) is 16.6 Å². The van der Waals surface area contributed by atoms with Crippen LogP contribution in [0.2, 0.25) is 0 Å². The number of alkyl halides is 3. The summed E-state index contributed by atoms with van der Waals surface area (Å²) in [6, 6.07) is 3.75. The van der Waals surface area contributed by atoms with E-state index < -0.39 is 12.8 Å². The summed E-state index contributed by atoms with van der Waals surface area (Å²) < 4.78 is 46.8. The van der Waals surface area contributed by atoms with Crippen LogP contribution >= 0.6 is 15.9 Å². The van der Waals surface area contributed by atoms with Gasteiger partial charge in [0.25, 0.3) is 0 Å². The van der Waals surface area contributed by atoms with Gasteiger partial charge < -0.3 is 15.2 Å². The first kappa shape index (κ1) is 18.3. The van der Waals surface area contributed by atoms with Crippen LogP contribution < -0.4 is 10.5 Å². The van der Waals surface area contributed by atoms with Gasteiger partial charge in [-0.05, 0) is 43.5 Å². The Morgan fingerprint density at radius 3 is 2.52 bits per heavy atom. The predicted molar refractivity (Wildman–Crippen MR) is 78.6 cm³/mol. The molecule has 0 aliphatic heterocycles. The Morgan fingerprint density at radius 2 is 1.95 bits per heavy atom. The highest BCUT2D eigenvalue weighted by molar-refractivity contribution is 9.10. The van der Waals surface area contributed by atoms with Crippen LogP contribution in [0.3, 0.4) is 0 Å². The minimum Gasteiger partial charge on any atom is -0.491 e. The van der Waals surface area contributed by atoms with Crippen LogP contribution in [0.25, 0.3) is 0 Å². The van der Waals surface area contributed by atoms with Gasteiger partial charge in [0.05, 0.1) is 6.61 Å². The zero-order valence-electron chi connectivity index (χ0n) is 12.0. The fraction of sp³-hybridized carbons (Fsp3) is 0.571. The maximum Gasteiger partial charge on any atom is 0.411 e. The molecule has 7 heteroatoms. The lowest BCUT2D eigenvalue weighted by Gasteiger charge is -2.16. The molecule has 1 aromatic carbocycles. The summed E-state index contributed by atoms with van der Waals surface area (Å²) in [6.45, 7) is 2.44. The first-order chi connectivity index (χ1) is 9.69. The Morgan fingerprint density at radius 1 is 1.29 bits per heavy atom. The number of benzene rings is 1. The SMILES string of the molecule is Cc1cc(Br)cc(CC(C)N)c1OCCOCC(F)(F)F. The Kier molecular flexibility index (Phi) is 6.96. The van der Waals surface area contributed by atoms with Gasteiger partial charge in [0, 0.05) is 10.5 Å². The van der Waals surface area contributed by atoms with Crippen molar-refractivity contribution in [1.82, 2.24) is 0 Å². The summed E-state index contributed by atoms with van der Waals surface area (Å²) in [5.41, 5.74) is 7.62. The number of hydrogen-bond donors (Lipinski definition) is 1. The molecule has 0 aliphatic rings. The summed E-state index contributed by atoms with van der Waals surface area (Å²) >= 11 is 3.41. The van der Waals surface area contributed by atoms with Crippen molar-refractivity contribution in [2.75, 3.05) is 19.8 Å². The first-order valence-corrected chi connectivity index (χ1v) is 7.30. The average molecular weight is 370 g/mol. The van der Waals surface area contributed by atoms with Crippen molar-refractivity contribution in [3.05, 3.63) is 27.7 Å². The molecular weight excluding hydrogens is 351 g/mol. The number of aryl methyl sites for hydroxylation is 1. The Hall–Kier alpha value is -0.790. The Labute approximate surface area is 130 Å². The zero-order chi connectivity index (χ0) is 16.0. The summed E-state index contributed by atoms with van der Waals surface area (Å²) in [5, 5.41) is 0. The van der Waals surface area contributed by atoms with Crippen LogP contribution in [-0.4, -0.2) is 32.0 Å². The average Bonchev–Trinajstić information content (AvgIpc) is 2.29. The standard InChI is InChI=1S/C14H19BrF3NO2/c1-9-5-12(15)7-11(6-10(2)19)13(9)21-4-3-20-8-14(16,17)18/h5,7,10H,3-4,6,8,19H2,1-2H3. The maximum absolute atomic E-state index is 11.9. The normalized spacial score (nSPS) is 13.3. The van der Waals surface area contributed by atoms with Gasteiger partial charge in [-0.2, -0.15) is 13.2 Å². The van der Waals surface area contributed by atoms with Crippen LogP contribution in [0.1, 0.15) is 18.1 Å². The topological polar surface area (TPSA) is 44.5 Å². The first-order valence-electron chi connectivity index (χ1n) is 6.51. The molecule has 0 bridgehead atoms. The second kappa shape index (κ2) is 8.00. The molecule has 1 aromatic rings. The van der Waals surface area contributed by atoms with Crippen molar-refractivity contribution in [1.29, 1.82) is 0 Å². The number of hydrogen-bond acceptors (Lipinski definition) is 3. The van der Waals surface area contributed by atoms with Crippen LogP contribution in [0.5, 0.6) is 5.75 Å². The minimum atomic E-state index is -4.31. The van der Waals surface area contributed by atoms with E-state index in [4.69, 9.17) is 10.5 Å². The van der Waals surface area contributed by atoms with E-state index in [-0.39, 0.29) is 19.3 Å². The maximum atomic E-state index is 11.9. The molecular formula is C14H19BrF3NO2. The van der Waals surface area contributed by atoms with E-state index >= 15 is 0 Å². The number of halogens is 4. The van der Waals surface area contributed by atoms with E-state index in [0.717, 1.165) is 15.6 Å². The van der Waals surface area contributed by atoms with Gasteiger partial charge in [-0.3, -0.25) is 0 Å². The molecule has 0 heterocycles. The lowest BCUT2D eigenvalue weighted by molar-refractivity contribution is -0.175. The summed E-state index contributed by atoms with van der Waals surface area (Å²) in [5.74, 6) is 0.658. The number of nitrogens with two attached hydrogens (primary N) is 1. The fourth-order valence-corrected chi connectivity index (χ4v) is 2.51. The molecule has 0 fully saturated rings. The minimum absolute atomic E-state index is 0.0393. The van der Waals surface area contributed by atoms with Crippen LogP contribution in [0.4, 0.5) is 13.2 Å². The van der Waals surface area contributed by atoms with Gasteiger partial charge in [0.15, 0.2) is 0 Å². The van der Waals surface area contributed by atoms with E-state index in [1.54, 1.807) is 0 Å². The molecule has 0 radical (unpaired) electrons. The molecule has 1 atom stereocenters. The number of rotatable bonds is 7. The van der Waals surface area contributed by atoms with E-state index in [1.807, 2.05) is 26.0 Å². The van der Waals surface area contributed by atoms with Gasteiger partial charge in [-0.1, -0.05) is 15.9 Å². The molecule has 0 aliphatic carbocycles. The third-order valence-corrected chi connectivity index (χ3v) is 3.06. The molecule has 1 rings (SSSR count). The third-order valence-electron chi connectivity index (χ3n) is 2.60. The fourth-order valence-electron chi connectivity index (χ4n) is 1.89. The van der Waals surface area contributed by atoms with Crippen molar-refractivity contribution in [2.24, 2.45) is 5.73 Å². The van der Waals surface area contributed by atoms with Crippen molar-refractivity contribution in [3.63, 3.8) is 0 Å². The lowest BCUT2D eigenvalue weighted by Crippen LogP contribution is -2.21. The molecule has 0 saturated carbocycles. The van der Waals surface area contributed by atoms with Gasteiger partial charge in [-0.15, -0.1) is 0 Å². The molecule has 0 amide bonds. The predicted octanol–water partition coefficient (Wildman–Crippen LogP) is 3.60. The van der Waals surface area contributed by atoms with Gasteiger partial charge in [0.2, 0.25) is 0 Å². The third kappa shape index (κ3) is 7.15. The van der Waals surface area contributed by atoms with E-state index in [0.29, 0.717) is 12.2 Å². The second-order valence-electron chi connectivity index (χ2n) is 4.91. The highest BCUT2D eigenvalue weighted by Gasteiger charge is 2.27. The molecule has 1 unspecified atom stereocenters. The molecule has 120 valence electrons.